The zero-order chi connectivity index (χ0) is 15.4. The van der Waals surface area contributed by atoms with Gasteiger partial charge in [0.25, 0.3) is 0 Å². The van der Waals surface area contributed by atoms with Crippen molar-refractivity contribution in [1.82, 2.24) is 0 Å². The van der Waals surface area contributed by atoms with E-state index in [4.69, 9.17) is 15.3 Å². The molecule has 1 aliphatic rings. The molecule has 0 saturated heterocycles. The Kier molecular flexibility index (Phi) is 4.34. The predicted octanol–water partition coefficient (Wildman–Crippen LogP) is 2.98. The highest BCUT2D eigenvalue weighted by molar-refractivity contribution is 5.87. The molecule has 0 bridgehead atoms. The van der Waals surface area contributed by atoms with E-state index in [1.54, 1.807) is 12.1 Å². The highest BCUT2D eigenvalue weighted by atomic mass is 19.1. The van der Waals surface area contributed by atoms with Crippen molar-refractivity contribution in [3.63, 3.8) is 0 Å². The summed E-state index contributed by atoms with van der Waals surface area (Å²) in [6, 6.07) is 14.0. The van der Waals surface area contributed by atoms with Crippen molar-refractivity contribution in [3.8, 4) is 16.9 Å². The second-order valence-electron chi connectivity index (χ2n) is 5.11. The summed E-state index contributed by atoms with van der Waals surface area (Å²) >= 11 is 0. The summed E-state index contributed by atoms with van der Waals surface area (Å²) in [5, 5.41) is 3.91. The van der Waals surface area contributed by atoms with E-state index in [0.717, 1.165) is 22.6 Å². The average Bonchev–Trinajstić information content (AvgIpc) is 3.02. The van der Waals surface area contributed by atoms with Gasteiger partial charge in [-0.05, 0) is 23.8 Å². The van der Waals surface area contributed by atoms with Crippen LogP contribution in [-0.4, -0.2) is 25.0 Å². The van der Waals surface area contributed by atoms with Gasteiger partial charge in [0.15, 0.2) is 6.10 Å². The topological polar surface area (TPSA) is 56.8 Å². The second-order valence-corrected chi connectivity index (χ2v) is 5.11. The number of nitrogens with zero attached hydrogens (tertiary/aromatic N) is 1. The van der Waals surface area contributed by atoms with Crippen LogP contribution in [0.3, 0.4) is 0 Å². The fourth-order valence-electron chi connectivity index (χ4n) is 2.34. The minimum absolute atomic E-state index is 0.111. The van der Waals surface area contributed by atoms with Crippen LogP contribution >= 0.6 is 0 Å². The van der Waals surface area contributed by atoms with Gasteiger partial charge in [-0.25, -0.2) is 4.39 Å². The average molecular weight is 300 g/mol. The largest absolute Gasteiger partial charge is 0.489 e. The molecule has 3 rings (SSSR count). The Morgan fingerprint density at radius 3 is 2.68 bits per heavy atom. The minimum atomic E-state index is -0.257. The number of benzene rings is 2. The quantitative estimate of drug-likeness (QED) is 0.923. The van der Waals surface area contributed by atoms with Crippen LogP contribution in [0.5, 0.6) is 5.75 Å². The molecular weight excluding hydrogens is 283 g/mol. The smallest absolute Gasteiger partial charge is 0.166 e. The molecule has 114 valence electrons. The lowest BCUT2D eigenvalue weighted by Crippen LogP contribution is -2.20. The molecule has 0 aliphatic carbocycles. The van der Waals surface area contributed by atoms with Crippen LogP contribution in [0.2, 0.25) is 0 Å². The van der Waals surface area contributed by atoms with Gasteiger partial charge in [0.1, 0.15) is 18.2 Å². The molecule has 22 heavy (non-hydrogen) atoms. The first kappa shape index (κ1) is 14.5. The maximum Gasteiger partial charge on any atom is 0.166 e. The van der Waals surface area contributed by atoms with Crippen molar-refractivity contribution in [1.29, 1.82) is 0 Å². The number of oxime groups is 1. The molecule has 1 aliphatic heterocycles. The zero-order valence-corrected chi connectivity index (χ0v) is 12.0. The summed E-state index contributed by atoms with van der Waals surface area (Å²) in [4.78, 5) is 5.27. The van der Waals surface area contributed by atoms with Gasteiger partial charge < -0.3 is 15.3 Å². The first-order chi connectivity index (χ1) is 10.8. The van der Waals surface area contributed by atoms with Crippen molar-refractivity contribution >= 4 is 5.71 Å². The fraction of sp³-hybridized carbons (Fsp3) is 0.235. The second kappa shape index (κ2) is 6.58. The van der Waals surface area contributed by atoms with Gasteiger partial charge in [0, 0.05) is 18.5 Å². The Hall–Kier alpha value is -2.40. The van der Waals surface area contributed by atoms with Gasteiger partial charge in [0.2, 0.25) is 0 Å². The highest BCUT2D eigenvalue weighted by Gasteiger charge is 2.21. The highest BCUT2D eigenvalue weighted by Crippen LogP contribution is 2.30. The van der Waals surface area contributed by atoms with E-state index in [1.165, 1.54) is 12.1 Å². The third-order valence-electron chi connectivity index (χ3n) is 3.50. The first-order valence-corrected chi connectivity index (χ1v) is 7.15. The van der Waals surface area contributed by atoms with Gasteiger partial charge in [-0.15, -0.1) is 0 Å². The number of hydrogen-bond donors (Lipinski definition) is 1. The third kappa shape index (κ3) is 3.26. The molecule has 0 aromatic heterocycles. The molecule has 0 unspecified atom stereocenters. The van der Waals surface area contributed by atoms with E-state index in [0.29, 0.717) is 19.6 Å². The van der Waals surface area contributed by atoms with Crippen LogP contribution in [0.1, 0.15) is 6.42 Å². The number of nitrogens with two attached hydrogens (primary N) is 1. The monoisotopic (exact) mass is 300 g/mol. The van der Waals surface area contributed by atoms with Crippen molar-refractivity contribution in [2.45, 2.75) is 12.5 Å². The van der Waals surface area contributed by atoms with E-state index >= 15 is 0 Å². The summed E-state index contributed by atoms with van der Waals surface area (Å²) in [5.74, 6) is 0.479. The summed E-state index contributed by atoms with van der Waals surface area (Å²) in [5.41, 5.74) is 8.20. The van der Waals surface area contributed by atoms with E-state index in [-0.39, 0.29) is 11.9 Å². The Morgan fingerprint density at radius 2 is 1.95 bits per heavy atom. The SMILES string of the molecule is NCC1=NO[C@@H](COc2ccccc2-c2ccc(F)cc2)C1. The van der Waals surface area contributed by atoms with Crippen molar-refractivity contribution < 1.29 is 14.0 Å². The summed E-state index contributed by atoms with van der Waals surface area (Å²) in [6.07, 6.45) is 0.578. The van der Waals surface area contributed by atoms with E-state index in [2.05, 4.69) is 5.16 Å². The molecule has 4 nitrogen and oxygen atoms in total. The summed E-state index contributed by atoms with van der Waals surface area (Å²) in [7, 11) is 0. The summed E-state index contributed by atoms with van der Waals surface area (Å²) < 4.78 is 18.9. The maximum atomic E-state index is 13.1. The zero-order valence-electron chi connectivity index (χ0n) is 12.0. The third-order valence-corrected chi connectivity index (χ3v) is 3.50. The molecule has 0 fully saturated rings. The van der Waals surface area contributed by atoms with Gasteiger partial charge in [-0.1, -0.05) is 35.5 Å². The maximum absolute atomic E-state index is 13.1. The van der Waals surface area contributed by atoms with Crippen molar-refractivity contribution in [2.24, 2.45) is 10.9 Å². The molecule has 0 amide bonds. The lowest BCUT2D eigenvalue weighted by Gasteiger charge is -2.14. The number of hydrogen-bond acceptors (Lipinski definition) is 4. The van der Waals surface area contributed by atoms with E-state index in [1.807, 2.05) is 24.3 Å². The normalized spacial score (nSPS) is 17.0. The van der Waals surface area contributed by atoms with Crippen LogP contribution in [0, 0.1) is 5.82 Å². The molecule has 2 aromatic rings. The Labute approximate surface area is 128 Å². The fourth-order valence-corrected chi connectivity index (χ4v) is 2.34. The van der Waals surface area contributed by atoms with Gasteiger partial charge >= 0.3 is 0 Å². The van der Waals surface area contributed by atoms with Crippen LogP contribution in [0.4, 0.5) is 4.39 Å². The van der Waals surface area contributed by atoms with Crippen LogP contribution in [0.25, 0.3) is 11.1 Å². The Balaban J connectivity index is 1.71. The van der Waals surface area contributed by atoms with Crippen molar-refractivity contribution in [2.75, 3.05) is 13.2 Å². The molecule has 0 saturated carbocycles. The minimum Gasteiger partial charge on any atom is -0.489 e. The van der Waals surface area contributed by atoms with Crippen LogP contribution in [-0.2, 0) is 4.84 Å². The molecule has 0 spiro atoms. The van der Waals surface area contributed by atoms with Crippen LogP contribution < -0.4 is 10.5 Å². The lowest BCUT2D eigenvalue weighted by atomic mass is 10.0. The molecule has 5 heteroatoms. The number of para-hydroxylation sites is 1. The number of rotatable bonds is 5. The van der Waals surface area contributed by atoms with Gasteiger partial charge in [0.05, 0.1) is 5.71 Å². The molecule has 2 aromatic carbocycles. The standard InChI is InChI=1S/C17H17FN2O2/c18-13-7-5-12(6-8-13)16-3-1-2-4-17(16)21-11-15-9-14(10-19)20-22-15/h1-8,15H,9-11,19H2/t15-/m1/s1. The number of halogens is 1. The Morgan fingerprint density at radius 1 is 1.18 bits per heavy atom. The van der Waals surface area contributed by atoms with E-state index in [9.17, 15) is 4.39 Å². The number of ether oxygens (including phenoxy) is 1. The molecule has 1 atom stereocenters. The van der Waals surface area contributed by atoms with Crippen molar-refractivity contribution in [3.05, 3.63) is 54.3 Å². The summed E-state index contributed by atoms with van der Waals surface area (Å²) in [6.45, 7) is 0.799. The lowest BCUT2D eigenvalue weighted by molar-refractivity contribution is 0.0472. The van der Waals surface area contributed by atoms with Crippen LogP contribution in [0.15, 0.2) is 53.7 Å². The predicted molar refractivity (Wildman–Crippen MR) is 83.3 cm³/mol. The first-order valence-electron chi connectivity index (χ1n) is 7.15. The molecular formula is C17H17FN2O2. The Bertz CT molecular complexity index is 671. The molecule has 0 radical (unpaired) electrons. The van der Waals surface area contributed by atoms with Gasteiger partial charge in [-0.3, -0.25) is 0 Å². The molecule has 1 heterocycles. The van der Waals surface area contributed by atoms with E-state index < -0.39 is 0 Å². The molecule has 2 N–H and O–H groups in total. The van der Waals surface area contributed by atoms with Gasteiger partial charge in [-0.2, -0.15) is 0 Å².